The van der Waals surface area contributed by atoms with Crippen LogP contribution in [0.1, 0.15) is 19.8 Å². The molecule has 1 aliphatic heterocycles. The minimum Gasteiger partial charge on any atom is -0.317 e. The lowest BCUT2D eigenvalue weighted by Crippen LogP contribution is -2.52. The third kappa shape index (κ3) is 4.33. The highest BCUT2D eigenvalue weighted by atomic mass is 35.5. The summed E-state index contributed by atoms with van der Waals surface area (Å²) in [5.41, 5.74) is -0.371. The van der Waals surface area contributed by atoms with Crippen molar-refractivity contribution in [3.05, 3.63) is 29.3 Å². The lowest BCUT2D eigenvalue weighted by Gasteiger charge is -2.34. The van der Waals surface area contributed by atoms with Crippen LogP contribution in [0.15, 0.2) is 29.2 Å². The largest absolute Gasteiger partial charge is 0.317 e. The van der Waals surface area contributed by atoms with Crippen molar-refractivity contribution in [3.8, 4) is 0 Å². The Hall–Kier alpha value is -0.330. The second kappa shape index (κ2) is 6.41. The first-order chi connectivity index (χ1) is 8.41. The van der Waals surface area contributed by atoms with Gasteiger partial charge < -0.3 is 5.32 Å². The summed E-state index contributed by atoms with van der Waals surface area (Å²) in [6.45, 7) is 3.61. The number of rotatable bonds is 3. The van der Waals surface area contributed by atoms with Crippen LogP contribution in [-0.4, -0.2) is 27.0 Å². The average molecular weight is 325 g/mol. The predicted molar refractivity (Wildman–Crippen MR) is 79.5 cm³/mol. The van der Waals surface area contributed by atoms with E-state index in [1.165, 1.54) is 12.1 Å². The molecule has 7 heteroatoms. The normalized spacial score (nSPS) is 18.6. The van der Waals surface area contributed by atoms with Crippen molar-refractivity contribution in [3.63, 3.8) is 0 Å². The molecule has 0 bridgehead atoms. The van der Waals surface area contributed by atoms with Crippen molar-refractivity contribution >= 4 is 34.0 Å². The minimum absolute atomic E-state index is 0. The van der Waals surface area contributed by atoms with Gasteiger partial charge in [-0.05, 0) is 57.1 Å². The number of hydrogen-bond acceptors (Lipinski definition) is 3. The molecular formula is C12H18Cl2N2O2S. The first-order valence-corrected chi connectivity index (χ1v) is 7.78. The van der Waals surface area contributed by atoms with Crippen LogP contribution in [-0.2, 0) is 10.0 Å². The van der Waals surface area contributed by atoms with E-state index < -0.39 is 10.0 Å². The number of sulfonamides is 1. The van der Waals surface area contributed by atoms with Crippen molar-refractivity contribution in [2.45, 2.75) is 30.2 Å². The van der Waals surface area contributed by atoms with E-state index in [9.17, 15) is 8.42 Å². The lowest BCUT2D eigenvalue weighted by atomic mass is 9.92. The maximum Gasteiger partial charge on any atom is 0.241 e. The van der Waals surface area contributed by atoms with Gasteiger partial charge >= 0.3 is 0 Å². The van der Waals surface area contributed by atoms with E-state index in [0.717, 1.165) is 25.9 Å². The van der Waals surface area contributed by atoms with E-state index in [4.69, 9.17) is 11.6 Å². The summed E-state index contributed by atoms with van der Waals surface area (Å²) in [7, 11) is -3.47. The van der Waals surface area contributed by atoms with E-state index in [0.29, 0.717) is 5.02 Å². The zero-order valence-corrected chi connectivity index (χ0v) is 13.0. The highest BCUT2D eigenvalue weighted by molar-refractivity contribution is 7.89. The molecule has 2 N–H and O–H groups in total. The Morgan fingerprint density at radius 3 is 2.26 bits per heavy atom. The van der Waals surface area contributed by atoms with Crippen molar-refractivity contribution in [2.24, 2.45) is 0 Å². The van der Waals surface area contributed by atoms with E-state index in [2.05, 4.69) is 10.0 Å². The fourth-order valence-corrected chi connectivity index (χ4v) is 3.67. The third-order valence-electron chi connectivity index (χ3n) is 3.21. The standard InChI is InChI=1S/C12H17ClN2O2S.ClH/c1-12(6-8-14-9-7-12)15-18(16,17)11-4-2-10(13)3-5-11;/h2-5,14-15H,6-9H2,1H3;1H. The minimum atomic E-state index is -3.47. The van der Waals surface area contributed by atoms with E-state index >= 15 is 0 Å². The second-order valence-electron chi connectivity index (χ2n) is 4.87. The van der Waals surface area contributed by atoms with Crippen molar-refractivity contribution in [1.82, 2.24) is 10.0 Å². The van der Waals surface area contributed by atoms with Crippen molar-refractivity contribution in [1.29, 1.82) is 0 Å². The fraction of sp³-hybridized carbons (Fsp3) is 0.500. The smallest absolute Gasteiger partial charge is 0.241 e. The summed E-state index contributed by atoms with van der Waals surface area (Å²) in [5.74, 6) is 0. The van der Waals surface area contributed by atoms with Gasteiger partial charge in [-0.3, -0.25) is 0 Å². The maximum absolute atomic E-state index is 12.2. The molecule has 0 aromatic heterocycles. The Balaban J connectivity index is 0.00000180. The predicted octanol–water partition coefficient (Wildman–Crippen LogP) is 2.18. The Kier molecular flexibility index (Phi) is 5.65. The quantitative estimate of drug-likeness (QED) is 0.896. The molecule has 19 heavy (non-hydrogen) atoms. The van der Waals surface area contributed by atoms with Crippen molar-refractivity contribution < 1.29 is 8.42 Å². The van der Waals surface area contributed by atoms with Crippen molar-refractivity contribution in [2.75, 3.05) is 13.1 Å². The molecule has 0 spiro atoms. The van der Waals surface area contributed by atoms with Gasteiger partial charge in [-0.2, -0.15) is 0 Å². The van der Waals surface area contributed by atoms with Crippen LogP contribution in [0.2, 0.25) is 5.02 Å². The zero-order chi connectivity index (χ0) is 13.2. The number of halogens is 2. The summed E-state index contributed by atoms with van der Waals surface area (Å²) in [6, 6.07) is 6.21. The average Bonchev–Trinajstić information content (AvgIpc) is 2.29. The van der Waals surface area contributed by atoms with E-state index in [1.54, 1.807) is 12.1 Å². The molecule has 1 aliphatic rings. The van der Waals surface area contributed by atoms with Crippen LogP contribution in [0, 0.1) is 0 Å². The molecule has 0 radical (unpaired) electrons. The molecule has 0 aliphatic carbocycles. The summed E-state index contributed by atoms with van der Waals surface area (Å²) < 4.78 is 27.3. The maximum atomic E-state index is 12.2. The molecule has 0 atom stereocenters. The third-order valence-corrected chi connectivity index (χ3v) is 5.12. The molecule has 2 rings (SSSR count). The zero-order valence-electron chi connectivity index (χ0n) is 10.6. The summed E-state index contributed by atoms with van der Waals surface area (Å²) >= 11 is 5.76. The van der Waals surface area contributed by atoms with Gasteiger partial charge in [0, 0.05) is 10.6 Å². The molecular weight excluding hydrogens is 307 g/mol. The summed E-state index contributed by atoms with van der Waals surface area (Å²) in [4.78, 5) is 0.256. The Morgan fingerprint density at radius 1 is 1.21 bits per heavy atom. The van der Waals surface area contributed by atoms with Crippen LogP contribution < -0.4 is 10.0 Å². The topological polar surface area (TPSA) is 58.2 Å². The highest BCUT2D eigenvalue weighted by Crippen LogP contribution is 2.21. The van der Waals surface area contributed by atoms with Gasteiger partial charge in [0.15, 0.2) is 0 Å². The highest BCUT2D eigenvalue weighted by Gasteiger charge is 2.31. The number of benzene rings is 1. The summed E-state index contributed by atoms with van der Waals surface area (Å²) in [6.07, 6.45) is 1.58. The van der Waals surface area contributed by atoms with Crippen LogP contribution >= 0.6 is 24.0 Å². The molecule has 0 amide bonds. The number of hydrogen-bond donors (Lipinski definition) is 2. The van der Waals surface area contributed by atoms with Crippen LogP contribution in [0.25, 0.3) is 0 Å². The van der Waals surface area contributed by atoms with Gasteiger partial charge in [-0.15, -0.1) is 12.4 Å². The van der Waals surface area contributed by atoms with Gasteiger partial charge in [0.2, 0.25) is 10.0 Å². The molecule has 4 nitrogen and oxygen atoms in total. The molecule has 0 unspecified atom stereocenters. The molecule has 1 heterocycles. The van der Waals surface area contributed by atoms with Crippen LogP contribution in [0.5, 0.6) is 0 Å². The Morgan fingerprint density at radius 2 is 1.74 bits per heavy atom. The molecule has 1 aromatic carbocycles. The van der Waals surface area contributed by atoms with E-state index in [1.807, 2.05) is 6.92 Å². The van der Waals surface area contributed by atoms with Gasteiger partial charge in [-0.25, -0.2) is 13.1 Å². The van der Waals surface area contributed by atoms with Gasteiger partial charge in [0.05, 0.1) is 4.90 Å². The second-order valence-corrected chi connectivity index (χ2v) is 6.99. The SMILES string of the molecule is CC1(NS(=O)(=O)c2ccc(Cl)cc2)CCNCC1.Cl. The van der Waals surface area contributed by atoms with Crippen LogP contribution in [0.4, 0.5) is 0 Å². The Bertz CT molecular complexity index is 511. The molecule has 1 saturated heterocycles. The van der Waals surface area contributed by atoms with Gasteiger partial charge in [0.25, 0.3) is 0 Å². The monoisotopic (exact) mass is 324 g/mol. The molecule has 1 fully saturated rings. The Labute approximate surface area is 125 Å². The number of nitrogens with one attached hydrogen (secondary N) is 2. The molecule has 0 saturated carbocycles. The van der Waals surface area contributed by atoms with Gasteiger partial charge in [0.1, 0.15) is 0 Å². The number of piperidine rings is 1. The first-order valence-electron chi connectivity index (χ1n) is 5.92. The fourth-order valence-electron chi connectivity index (χ4n) is 2.08. The van der Waals surface area contributed by atoms with E-state index in [-0.39, 0.29) is 22.8 Å². The summed E-state index contributed by atoms with van der Waals surface area (Å²) in [5, 5.41) is 3.75. The lowest BCUT2D eigenvalue weighted by molar-refractivity contribution is 0.308. The molecule has 108 valence electrons. The molecule has 1 aromatic rings. The van der Waals surface area contributed by atoms with Crippen LogP contribution in [0.3, 0.4) is 0 Å². The van der Waals surface area contributed by atoms with Gasteiger partial charge in [-0.1, -0.05) is 11.6 Å². The first kappa shape index (κ1) is 16.7.